The third-order valence-corrected chi connectivity index (χ3v) is 6.67. The Bertz CT molecular complexity index is 1160. The quantitative estimate of drug-likeness (QED) is 0.609. The lowest BCUT2D eigenvalue weighted by Gasteiger charge is -2.38. The molecule has 0 spiro atoms. The Balaban J connectivity index is 1.39. The lowest BCUT2D eigenvalue weighted by Crippen LogP contribution is -2.55. The van der Waals surface area contributed by atoms with Crippen molar-refractivity contribution in [3.63, 3.8) is 0 Å². The van der Waals surface area contributed by atoms with E-state index in [0.29, 0.717) is 35.4 Å². The fourth-order valence-electron chi connectivity index (χ4n) is 4.84. The van der Waals surface area contributed by atoms with Gasteiger partial charge in [-0.1, -0.05) is 0 Å². The molecule has 2 aliphatic rings. The second-order valence-electron chi connectivity index (χ2n) is 8.60. The van der Waals surface area contributed by atoms with Gasteiger partial charge in [0.15, 0.2) is 0 Å². The van der Waals surface area contributed by atoms with Crippen molar-refractivity contribution in [3.8, 4) is 34.0 Å². The number of anilines is 1. The van der Waals surface area contributed by atoms with E-state index < -0.39 is 12.0 Å². The molecule has 0 amide bonds. The van der Waals surface area contributed by atoms with Gasteiger partial charge in [0, 0.05) is 42.5 Å². The minimum Gasteiger partial charge on any atom is -0.507 e. The maximum atomic E-state index is 14.9. The highest BCUT2D eigenvalue weighted by molar-refractivity contribution is 5.75. The van der Waals surface area contributed by atoms with Gasteiger partial charge in [-0.15, -0.1) is 0 Å². The Kier molecular flexibility index (Phi) is 5.57. The van der Waals surface area contributed by atoms with Crippen molar-refractivity contribution in [2.45, 2.75) is 43.6 Å². The van der Waals surface area contributed by atoms with Gasteiger partial charge in [-0.2, -0.15) is 0 Å². The third-order valence-electron chi connectivity index (χ3n) is 6.67. The first-order valence-corrected chi connectivity index (χ1v) is 10.9. The Labute approximate surface area is 190 Å². The van der Waals surface area contributed by atoms with E-state index >= 15 is 0 Å². The smallest absolute Gasteiger partial charge is 0.213 e. The standard InChI is InChI=1S/C24H25F2N5O2/c1-31(20-8-14-3-4-18(30-14)24(20)26)22-12-28-19(11-29-22)16-9-17(25)15(10-21(16)32)13-5-6-27-23(7-13)33-2/h5-7,9-12,14,18,20,24,30,32H,3-4,8H2,1-2H3/t14?,18?,20-,24+/m1/s1. The van der Waals surface area contributed by atoms with Crippen molar-refractivity contribution < 1.29 is 18.6 Å². The minimum atomic E-state index is -0.979. The molecule has 5 rings (SSSR count). The third kappa shape index (κ3) is 3.97. The number of fused-ring (bicyclic) bond motifs is 2. The van der Waals surface area contributed by atoms with Crippen LogP contribution in [0.2, 0.25) is 0 Å². The zero-order chi connectivity index (χ0) is 23.1. The number of nitrogens with zero attached hydrogens (tertiary/aromatic N) is 4. The first kappa shape index (κ1) is 21.5. The van der Waals surface area contributed by atoms with Gasteiger partial charge >= 0.3 is 0 Å². The number of halogens is 2. The Morgan fingerprint density at radius 2 is 1.97 bits per heavy atom. The van der Waals surface area contributed by atoms with Crippen molar-refractivity contribution in [3.05, 3.63) is 48.7 Å². The number of hydrogen-bond acceptors (Lipinski definition) is 7. The lowest BCUT2D eigenvalue weighted by atomic mass is 9.96. The molecule has 2 aliphatic heterocycles. The number of nitrogens with one attached hydrogen (secondary N) is 1. The van der Waals surface area contributed by atoms with Gasteiger partial charge in [0.2, 0.25) is 5.88 Å². The molecular weight excluding hydrogens is 428 g/mol. The van der Waals surface area contributed by atoms with Gasteiger partial charge in [-0.3, -0.25) is 4.98 Å². The largest absolute Gasteiger partial charge is 0.507 e. The summed E-state index contributed by atoms with van der Waals surface area (Å²) in [5.41, 5.74) is 1.30. The molecule has 1 aromatic carbocycles. The Hall–Kier alpha value is -3.33. The van der Waals surface area contributed by atoms with Crippen LogP contribution in [0, 0.1) is 5.82 Å². The molecule has 2 N–H and O–H groups in total. The minimum absolute atomic E-state index is 0.109. The monoisotopic (exact) mass is 453 g/mol. The van der Waals surface area contributed by atoms with Crippen LogP contribution in [0.4, 0.5) is 14.6 Å². The maximum absolute atomic E-state index is 14.9. The summed E-state index contributed by atoms with van der Waals surface area (Å²) < 4.78 is 34.9. The lowest BCUT2D eigenvalue weighted by molar-refractivity contribution is 0.176. The normalized spacial score (nSPS) is 24.0. The van der Waals surface area contributed by atoms with E-state index in [1.807, 2.05) is 11.9 Å². The van der Waals surface area contributed by atoms with Gasteiger partial charge in [0.05, 0.1) is 31.2 Å². The molecule has 0 aliphatic carbocycles. The van der Waals surface area contributed by atoms with Crippen LogP contribution >= 0.6 is 0 Å². The Morgan fingerprint density at radius 3 is 2.73 bits per heavy atom. The number of aromatic hydroxyl groups is 1. The highest BCUT2D eigenvalue weighted by atomic mass is 19.1. The van der Waals surface area contributed by atoms with Crippen LogP contribution in [0.1, 0.15) is 19.3 Å². The van der Waals surface area contributed by atoms with Gasteiger partial charge in [-0.05, 0) is 43.0 Å². The molecule has 7 nitrogen and oxygen atoms in total. The molecule has 2 saturated heterocycles. The van der Waals surface area contributed by atoms with Crippen molar-refractivity contribution in [1.82, 2.24) is 20.3 Å². The van der Waals surface area contributed by atoms with E-state index in [2.05, 4.69) is 20.3 Å². The molecule has 4 atom stereocenters. The summed E-state index contributed by atoms with van der Waals surface area (Å²) in [6.07, 6.45) is 6.09. The van der Waals surface area contributed by atoms with Crippen molar-refractivity contribution in [1.29, 1.82) is 0 Å². The zero-order valence-electron chi connectivity index (χ0n) is 18.4. The summed E-state index contributed by atoms with van der Waals surface area (Å²) in [4.78, 5) is 14.6. The van der Waals surface area contributed by atoms with Crippen LogP contribution in [-0.2, 0) is 0 Å². The summed E-state index contributed by atoms with van der Waals surface area (Å²) in [6.45, 7) is 0. The average molecular weight is 453 g/mol. The second kappa shape index (κ2) is 8.55. The summed E-state index contributed by atoms with van der Waals surface area (Å²) in [6, 6.07) is 5.75. The first-order valence-electron chi connectivity index (χ1n) is 10.9. The molecule has 2 bridgehead atoms. The van der Waals surface area contributed by atoms with Gasteiger partial charge in [-0.25, -0.2) is 18.7 Å². The highest BCUT2D eigenvalue weighted by Crippen LogP contribution is 2.36. The van der Waals surface area contributed by atoms with E-state index in [0.717, 1.165) is 12.8 Å². The molecular formula is C24H25F2N5O2. The molecule has 2 unspecified atom stereocenters. The molecule has 33 heavy (non-hydrogen) atoms. The van der Waals surface area contributed by atoms with E-state index in [4.69, 9.17) is 4.74 Å². The molecule has 172 valence electrons. The first-order chi connectivity index (χ1) is 15.9. The number of piperidine rings is 1. The molecule has 0 saturated carbocycles. The van der Waals surface area contributed by atoms with E-state index in [9.17, 15) is 13.9 Å². The maximum Gasteiger partial charge on any atom is 0.213 e. The Morgan fingerprint density at radius 1 is 1.12 bits per heavy atom. The zero-order valence-corrected chi connectivity index (χ0v) is 18.4. The second-order valence-corrected chi connectivity index (χ2v) is 8.60. The fraction of sp³-hybridized carbons (Fsp3) is 0.375. The van der Waals surface area contributed by atoms with E-state index in [1.54, 1.807) is 12.1 Å². The summed E-state index contributed by atoms with van der Waals surface area (Å²) in [5.74, 6) is 0.229. The van der Waals surface area contributed by atoms with E-state index in [1.165, 1.54) is 37.8 Å². The van der Waals surface area contributed by atoms with Crippen LogP contribution in [0.15, 0.2) is 42.9 Å². The summed E-state index contributed by atoms with van der Waals surface area (Å²) >= 11 is 0. The van der Waals surface area contributed by atoms with Crippen molar-refractivity contribution in [2.24, 2.45) is 0 Å². The predicted octanol–water partition coefficient (Wildman–Crippen LogP) is 3.73. The molecule has 9 heteroatoms. The van der Waals surface area contributed by atoms with Crippen molar-refractivity contribution in [2.75, 3.05) is 19.1 Å². The van der Waals surface area contributed by atoms with Crippen LogP contribution in [0.5, 0.6) is 11.6 Å². The summed E-state index contributed by atoms with van der Waals surface area (Å²) in [5, 5.41) is 13.9. The molecule has 2 fully saturated rings. The van der Waals surface area contributed by atoms with Crippen LogP contribution in [-0.4, -0.2) is 58.5 Å². The number of alkyl halides is 1. The number of hydrogen-bond donors (Lipinski definition) is 2. The van der Waals surface area contributed by atoms with Crippen LogP contribution in [0.25, 0.3) is 22.4 Å². The fourth-order valence-corrected chi connectivity index (χ4v) is 4.84. The topological polar surface area (TPSA) is 83.4 Å². The number of ether oxygens (including phenoxy) is 1. The number of pyridine rings is 1. The predicted molar refractivity (Wildman–Crippen MR) is 121 cm³/mol. The highest BCUT2D eigenvalue weighted by Gasteiger charge is 2.43. The number of phenols is 1. The van der Waals surface area contributed by atoms with Gasteiger partial charge < -0.3 is 20.1 Å². The molecule has 2 aromatic heterocycles. The number of methoxy groups -OCH3 is 1. The summed E-state index contributed by atoms with van der Waals surface area (Å²) in [7, 11) is 3.30. The number of phenolic OH excluding ortho intramolecular Hbond substituents is 1. The number of benzene rings is 1. The van der Waals surface area contributed by atoms with Gasteiger partial charge in [0.25, 0.3) is 0 Å². The average Bonchev–Trinajstić information content (AvgIpc) is 3.25. The van der Waals surface area contributed by atoms with E-state index in [-0.39, 0.29) is 29.0 Å². The van der Waals surface area contributed by atoms with Crippen LogP contribution < -0.4 is 15.0 Å². The SMILES string of the molecule is COc1cc(-c2cc(O)c(-c3cnc(N(C)[C@@H]4CC5CCC(N5)[C@@H]4F)cn3)cc2F)ccn1. The van der Waals surface area contributed by atoms with Gasteiger partial charge in [0.1, 0.15) is 23.6 Å². The number of aromatic nitrogens is 3. The number of rotatable bonds is 5. The molecule has 3 aromatic rings. The molecule has 0 radical (unpaired) electrons. The molecule has 4 heterocycles. The van der Waals surface area contributed by atoms with Crippen molar-refractivity contribution >= 4 is 5.82 Å². The van der Waals surface area contributed by atoms with Crippen LogP contribution in [0.3, 0.4) is 0 Å².